The van der Waals surface area contributed by atoms with Gasteiger partial charge in [-0.2, -0.15) is 0 Å². The minimum atomic E-state index is -2.12. The molecule has 0 radical (unpaired) electrons. The van der Waals surface area contributed by atoms with Gasteiger partial charge in [0.2, 0.25) is 0 Å². The second-order valence-electron chi connectivity index (χ2n) is 21.7. The maximum atomic E-state index is 7.43. The molecular formula is C45H86O6Si3. The summed E-state index contributed by atoms with van der Waals surface area (Å²) >= 11 is 0. The van der Waals surface area contributed by atoms with Crippen LogP contribution in [0, 0.1) is 29.6 Å². The van der Waals surface area contributed by atoms with E-state index in [0.717, 1.165) is 24.3 Å². The van der Waals surface area contributed by atoms with E-state index >= 15 is 0 Å². The number of benzene rings is 1. The van der Waals surface area contributed by atoms with Crippen LogP contribution in [0.25, 0.3) is 0 Å². The van der Waals surface area contributed by atoms with Gasteiger partial charge in [-0.25, -0.2) is 0 Å². The molecule has 0 bridgehead atoms. The molecule has 1 aromatic carbocycles. The highest BCUT2D eigenvalue weighted by Crippen LogP contribution is 2.44. The van der Waals surface area contributed by atoms with E-state index in [1.54, 1.807) is 7.11 Å². The Kier molecular flexibility index (Phi) is 17.2. The third-order valence-corrected chi connectivity index (χ3v) is 27.0. The van der Waals surface area contributed by atoms with Crippen LogP contribution in [0.5, 0.6) is 5.75 Å². The second kappa shape index (κ2) is 18.9. The lowest BCUT2D eigenvalue weighted by atomic mass is 9.81. The van der Waals surface area contributed by atoms with Crippen molar-refractivity contribution in [2.45, 2.75) is 189 Å². The Bertz CT molecular complexity index is 1320. The van der Waals surface area contributed by atoms with Gasteiger partial charge in [-0.05, 0) is 91.7 Å². The van der Waals surface area contributed by atoms with Gasteiger partial charge in [-0.3, -0.25) is 0 Å². The molecule has 5 unspecified atom stereocenters. The summed E-state index contributed by atoms with van der Waals surface area (Å²) in [5.74, 6) is 2.04. The normalized spacial score (nSPS) is 23.4. The summed E-state index contributed by atoms with van der Waals surface area (Å²) in [7, 11) is -4.36. The van der Waals surface area contributed by atoms with Crippen molar-refractivity contribution >= 4 is 25.0 Å². The zero-order chi connectivity index (χ0) is 41.8. The Morgan fingerprint density at radius 2 is 1.24 bits per heavy atom. The van der Waals surface area contributed by atoms with Crippen molar-refractivity contribution in [2.75, 3.05) is 20.3 Å². The van der Waals surface area contributed by atoms with Crippen molar-refractivity contribution in [2.24, 2.45) is 29.6 Å². The summed E-state index contributed by atoms with van der Waals surface area (Å²) in [6, 6.07) is 8.05. The lowest BCUT2D eigenvalue weighted by Gasteiger charge is -2.47. The van der Waals surface area contributed by atoms with E-state index in [2.05, 4.69) is 149 Å². The molecule has 0 N–H and O–H groups in total. The molecule has 9 heteroatoms. The smallest absolute Gasteiger partial charge is 0.192 e. The molecule has 1 aromatic rings. The minimum absolute atomic E-state index is 0.00426. The molecule has 1 saturated heterocycles. The summed E-state index contributed by atoms with van der Waals surface area (Å²) in [5.41, 5.74) is 2.41. The molecule has 1 aliphatic heterocycles. The molecule has 0 amide bonds. The molecule has 54 heavy (non-hydrogen) atoms. The summed E-state index contributed by atoms with van der Waals surface area (Å²) < 4.78 is 40.1. The van der Waals surface area contributed by atoms with Crippen LogP contribution in [0.1, 0.15) is 122 Å². The van der Waals surface area contributed by atoms with Gasteiger partial charge >= 0.3 is 0 Å². The van der Waals surface area contributed by atoms with E-state index in [9.17, 15) is 0 Å². The zero-order valence-corrected chi connectivity index (χ0v) is 42.2. The van der Waals surface area contributed by atoms with Crippen LogP contribution in [0.3, 0.4) is 0 Å². The lowest BCUT2D eigenvalue weighted by molar-refractivity contribution is -0.256. The second-order valence-corrected chi connectivity index (χ2v) is 36.0. The fourth-order valence-corrected chi connectivity index (χ4v) is 10.9. The van der Waals surface area contributed by atoms with Crippen LogP contribution in [-0.4, -0.2) is 63.6 Å². The maximum absolute atomic E-state index is 7.43. The number of ether oxygens (including phenoxy) is 3. The topological polar surface area (TPSA) is 55.4 Å². The Morgan fingerprint density at radius 1 is 0.759 bits per heavy atom. The van der Waals surface area contributed by atoms with Gasteiger partial charge in [-0.1, -0.05) is 121 Å². The molecule has 0 aliphatic carbocycles. The fraction of sp³-hybridized carbons (Fsp3) is 0.822. The van der Waals surface area contributed by atoms with Gasteiger partial charge in [-0.15, -0.1) is 0 Å². The van der Waals surface area contributed by atoms with Crippen LogP contribution in [0.4, 0.5) is 0 Å². The van der Waals surface area contributed by atoms with Crippen LogP contribution in [0.2, 0.25) is 54.4 Å². The van der Waals surface area contributed by atoms with Gasteiger partial charge in [0, 0.05) is 29.9 Å². The summed E-state index contributed by atoms with van der Waals surface area (Å²) in [5, 5.41) is 0.387. The highest BCUT2D eigenvalue weighted by atomic mass is 28.4. The van der Waals surface area contributed by atoms with Gasteiger partial charge in [0.05, 0.1) is 32.0 Å². The first-order valence-electron chi connectivity index (χ1n) is 20.9. The molecule has 0 spiro atoms. The van der Waals surface area contributed by atoms with Crippen LogP contribution >= 0.6 is 0 Å². The highest BCUT2D eigenvalue weighted by molar-refractivity contribution is 6.75. The number of hydrogen-bond acceptors (Lipinski definition) is 6. The van der Waals surface area contributed by atoms with E-state index < -0.39 is 31.2 Å². The summed E-state index contributed by atoms with van der Waals surface area (Å²) in [4.78, 5) is 0. The molecule has 1 heterocycles. The average molecular weight is 807 g/mol. The molecule has 6 nitrogen and oxygen atoms in total. The van der Waals surface area contributed by atoms with Crippen molar-refractivity contribution in [3.05, 3.63) is 41.5 Å². The van der Waals surface area contributed by atoms with E-state index in [1.807, 2.05) is 24.3 Å². The molecule has 0 saturated carbocycles. The monoisotopic (exact) mass is 807 g/mol. The zero-order valence-electron chi connectivity index (χ0n) is 39.2. The van der Waals surface area contributed by atoms with Crippen molar-refractivity contribution in [1.82, 2.24) is 0 Å². The highest BCUT2D eigenvalue weighted by Gasteiger charge is 2.46. The number of allylic oxidation sites excluding steroid dienone is 1. The standard InChI is InChI=1S/C45H86O6Si3/c1-31(27-32(2)39(50-53(19,20)44(10,11)12)35(5)30-48-52(17,18)43(7,8)9)28-33(3)41(51-54(21,22)45(13,14)15)36(6)40-34(4)29-47-42(49-40)37-23-25-38(46-16)26-24-37/h23-27,32-36,39-42H,28-30H2,1-22H3/b31-27-/t32-,33?,34-,35-,36?,39+,40?,41?,42?/m0/s1. The van der Waals surface area contributed by atoms with Crippen LogP contribution < -0.4 is 4.74 Å². The van der Waals surface area contributed by atoms with Gasteiger partial charge < -0.3 is 27.5 Å². The van der Waals surface area contributed by atoms with Gasteiger partial charge in [0.25, 0.3) is 0 Å². The van der Waals surface area contributed by atoms with Crippen molar-refractivity contribution in [1.29, 1.82) is 0 Å². The molecule has 2 rings (SSSR count). The van der Waals surface area contributed by atoms with Crippen molar-refractivity contribution in [3.63, 3.8) is 0 Å². The quantitative estimate of drug-likeness (QED) is 0.115. The molecule has 1 aliphatic rings. The first kappa shape index (κ1) is 49.4. The SMILES string of the molecule is COc1ccc(C2OC[C@H](C)C(C(C)C(O[Si](C)(C)C(C)(C)C)C(C)C/C(C)=C\[C@H](C)[C@@H](O[Si](C)(C)C(C)(C)C)[C@@H](C)CO[Si](C)(C)C(C)(C)C)O2)cc1. The minimum Gasteiger partial charge on any atom is -0.497 e. The van der Waals surface area contributed by atoms with Gasteiger partial charge in [0.1, 0.15) is 5.75 Å². The summed E-state index contributed by atoms with van der Waals surface area (Å²) in [6.45, 7) is 50.6. The van der Waals surface area contributed by atoms with Crippen LogP contribution in [-0.2, 0) is 22.8 Å². The molecule has 9 atom stereocenters. The average Bonchev–Trinajstić information content (AvgIpc) is 3.03. The molecule has 1 fully saturated rings. The third-order valence-electron chi connectivity index (χ3n) is 13.6. The lowest BCUT2D eigenvalue weighted by Crippen LogP contribution is -2.51. The number of rotatable bonds is 17. The van der Waals surface area contributed by atoms with E-state index in [4.69, 9.17) is 27.5 Å². The molecular weight excluding hydrogens is 721 g/mol. The third kappa shape index (κ3) is 13.1. The Hall–Kier alpha value is -0.789. The first-order valence-corrected chi connectivity index (χ1v) is 29.7. The van der Waals surface area contributed by atoms with E-state index in [1.165, 1.54) is 5.57 Å². The van der Waals surface area contributed by atoms with E-state index in [0.29, 0.717) is 6.61 Å². The molecule has 314 valence electrons. The van der Waals surface area contributed by atoms with Crippen molar-refractivity contribution in [3.8, 4) is 5.75 Å². The predicted molar refractivity (Wildman–Crippen MR) is 238 cm³/mol. The van der Waals surface area contributed by atoms with E-state index in [-0.39, 0.29) is 63.0 Å². The Labute approximate surface area is 337 Å². The van der Waals surface area contributed by atoms with Gasteiger partial charge in [0.15, 0.2) is 31.2 Å². The summed E-state index contributed by atoms with van der Waals surface area (Å²) in [6.07, 6.45) is 3.14. The number of methoxy groups -OCH3 is 1. The fourth-order valence-electron chi connectivity index (χ4n) is 6.82. The predicted octanol–water partition coefficient (Wildman–Crippen LogP) is 13.4. The Morgan fingerprint density at radius 3 is 1.70 bits per heavy atom. The number of hydrogen-bond donors (Lipinski definition) is 0. The maximum Gasteiger partial charge on any atom is 0.192 e. The van der Waals surface area contributed by atoms with Crippen LogP contribution in [0.15, 0.2) is 35.9 Å². The van der Waals surface area contributed by atoms with Crippen molar-refractivity contribution < 1.29 is 27.5 Å². The molecule has 0 aromatic heterocycles. The largest absolute Gasteiger partial charge is 0.497 e. The Balaban J connectivity index is 2.43. The first-order chi connectivity index (χ1) is 24.3.